The van der Waals surface area contributed by atoms with Crippen molar-refractivity contribution in [3.05, 3.63) is 47.2 Å². The minimum absolute atomic E-state index is 0. The smallest absolute Gasteiger partial charge is 0.543 e. The summed E-state index contributed by atoms with van der Waals surface area (Å²) in [6.45, 7) is 9.61. The van der Waals surface area contributed by atoms with E-state index in [4.69, 9.17) is 19.2 Å². The van der Waals surface area contributed by atoms with Gasteiger partial charge in [-0.05, 0) is 101 Å². The molecule has 1 aromatic heterocycles. The van der Waals surface area contributed by atoms with Crippen LogP contribution in [0, 0.1) is 17.3 Å². The SMILES string of the molecule is C=C[C@@H]1C[C@]1(NC(=O)[C@@H]1C[C@@H]2CN1C(=O)[C@H](C(C)(C)C)NC(=O)O[C@@H]1C[C@H]1CCCCCc1c(nc3ccccc3c1OC1CC3CCC(C1)N3CC(F)(F)F)O2)C(=O)[N-]S(=O)(=O)C1(C)CC1.[K+]. The van der Waals surface area contributed by atoms with E-state index in [1.54, 1.807) is 25.7 Å². The van der Waals surface area contributed by atoms with E-state index in [2.05, 4.69) is 21.9 Å². The van der Waals surface area contributed by atoms with Crippen molar-refractivity contribution in [2.24, 2.45) is 17.3 Å². The van der Waals surface area contributed by atoms with Crippen molar-refractivity contribution < 1.29 is 106 Å². The number of sulfonamides is 1. The summed E-state index contributed by atoms with van der Waals surface area (Å²) in [5.41, 5.74) is -1.30. The largest absolute Gasteiger partial charge is 1.00 e. The minimum Gasteiger partial charge on any atom is -0.543 e. The van der Waals surface area contributed by atoms with Crippen LogP contribution >= 0.6 is 0 Å². The van der Waals surface area contributed by atoms with Crippen LogP contribution in [0.4, 0.5) is 18.0 Å². The summed E-state index contributed by atoms with van der Waals surface area (Å²) in [5, 5.41) is 6.33. The summed E-state index contributed by atoms with van der Waals surface area (Å²) in [7, 11) is -4.18. The van der Waals surface area contributed by atoms with E-state index in [0.29, 0.717) is 68.2 Å². The molecule has 15 nitrogen and oxygen atoms in total. The maximum atomic E-state index is 14.9. The monoisotopic (exact) mass is 994 g/mol. The van der Waals surface area contributed by atoms with E-state index < -0.39 is 86.4 Å². The zero-order valence-electron chi connectivity index (χ0n) is 39.6. The van der Waals surface area contributed by atoms with Crippen molar-refractivity contribution in [2.45, 2.75) is 177 Å². The third kappa shape index (κ3) is 10.6. The number of fused-ring (bicyclic) bond motifs is 7. The van der Waals surface area contributed by atoms with Crippen molar-refractivity contribution in [1.82, 2.24) is 25.4 Å². The topological polar surface area (TPSA) is 188 Å². The number of piperidine rings is 1. The molecule has 3 aliphatic carbocycles. The summed E-state index contributed by atoms with van der Waals surface area (Å²) < 4.78 is 89.3. The van der Waals surface area contributed by atoms with Crippen LogP contribution in [0.1, 0.15) is 117 Å². The Labute approximate surface area is 438 Å². The predicted molar refractivity (Wildman–Crippen MR) is 241 cm³/mol. The summed E-state index contributed by atoms with van der Waals surface area (Å²) in [4.78, 5) is 64.8. The van der Waals surface area contributed by atoms with Crippen molar-refractivity contribution in [2.75, 3.05) is 13.1 Å². The van der Waals surface area contributed by atoms with Gasteiger partial charge in [-0.2, -0.15) is 13.2 Å². The first-order chi connectivity index (χ1) is 31.6. The molecule has 20 heteroatoms. The number of alkyl carbamates (subject to hydrolysis) is 1. The maximum Gasteiger partial charge on any atom is 1.00 e. The van der Waals surface area contributed by atoms with Crippen molar-refractivity contribution >= 4 is 44.7 Å². The van der Waals surface area contributed by atoms with E-state index in [1.807, 2.05) is 24.3 Å². The number of benzene rings is 1. The summed E-state index contributed by atoms with van der Waals surface area (Å²) >= 11 is 0. The number of nitrogens with zero attached hydrogens (tertiary/aromatic N) is 4. The average molecular weight is 995 g/mol. The number of amides is 4. The number of para-hydroxylation sites is 1. The molecule has 9 rings (SSSR count). The number of rotatable bonds is 9. The fraction of sp³-hybridized carbons (Fsp3) is 0.688. The molecule has 3 saturated carbocycles. The van der Waals surface area contributed by atoms with E-state index in [9.17, 15) is 40.8 Å². The number of pyridine rings is 1. The predicted octanol–water partition coefficient (Wildman–Crippen LogP) is 4.01. The number of aromatic nitrogens is 1. The van der Waals surface area contributed by atoms with Crippen molar-refractivity contribution in [3.8, 4) is 11.6 Å². The number of ether oxygens (including phenoxy) is 3. The molecule has 2 aromatic rings. The summed E-state index contributed by atoms with van der Waals surface area (Å²) in [6, 6.07) is 4.52. The van der Waals surface area contributed by atoms with Crippen LogP contribution in [-0.4, -0.2) is 119 Å². The molecule has 0 radical (unpaired) electrons. The minimum atomic E-state index is -4.31. The van der Waals surface area contributed by atoms with Crippen LogP contribution in [-0.2, 0) is 35.6 Å². The first kappa shape index (κ1) is 51.3. The first-order valence-electron chi connectivity index (χ1n) is 23.9. The van der Waals surface area contributed by atoms with Gasteiger partial charge in [-0.1, -0.05) is 51.8 Å². The van der Waals surface area contributed by atoms with Gasteiger partial charge >= 0.3 is 63.7 Å². The Kier molecular flexibility index (Phi) is 14.5. The number of halogens is 3. The normalized spacial score (nSPS) is 32.6. The Morgan fingerprint density at radius 3 is 2.38 bits per heavy atom. The molecule has 7 aliphatic rings. The molecule has 4 bridgehead atoms. The van der Waals surface area contributed by atoms with Crippen LogP contribution in [0.2, 0.25) is 0 Å². The summed E-state index contributed by atoms with van der Waals surface area (Å²) in [5.74, 6) is -1.96. The Morgan fingerprint density at radius 2 is 1.74 bits per heavy atom. The zero-order valence-corrected chi connectivity index (χ0v) is 43.5. The van der Waals surface area contributed by atoms with E-state index in [1.165, 1.54) is 17.9 Å². The molecule has 366 valence electrons. The number of hydrogen-bond acceptors (Lipinski definition) is 11. The molecule has 68 heavy (non-hydrogen) atoms. The van der Waals surface area contributed by atoms with Gasteiger partial charge in [0.05, 0.1) is 40.4 Å². The Bertz CT molecular complexity index is 2420. The third-order valence-corrected chi connectivity index (χ3v) is 17.4. The quantitative estimate of drug-likeness (QED) is 0.273. The van der Waals surface area contributed by atoms with Gasteiger partial charge in [-0.15, -0.1) is 6.58 Å². The van der Waals surface area contributed by atoms with Crippen molar-refractivity contribution in [3.63, 3.8) is 0 Å². The van der Waals surface area contributed by atoms with Crippen LogP contribution in [0.5, 0.6) is 11.6 Å². The molecular formula is C48H62F3KN6O9S. The number of carbonyl (C=O) groups excluding carboxylic acids is 4. The van der Waals surface area contributed by atoms with Gasteiger partial charge < -0.3 is 39.3 Å². The van der Waals surface area contributed by atoms with Gasteiger partial charge in [-0.25, -0.2) is 18.2 Å². The zero-order chi connectivity index (χ0) is 47.8. The molecule has 5 heterocycles. The first-order valence-corrected chi connectivity index (χ1v) is 25.3. The van der Waals surface area contributed by atoms with Gasteiger partial charge in [0.25, 0.3) is 0 Å². The number of carbonyl (C=O) groups is 4. The molecule has 2 N–H and O–H groups in total. The Morgan fingerprint density at radius 1 is 1.03 bits per heavy atom. The van der Waals surface area contributed by atoms with Crippen LogP contribution in [0.25, 0.3) is 15.6 Å². The van der Waals surface area contributed by atoms with Crippen LogP contribution in [0.15, 0.2) is 36.9 Å². The molecule has 9 atom stereocenters. The maximum absolute atomic E-state index is 14.9. The Hall–Kier alpha value is -3.01. The standard InChI is InChI=1S/C48H63F3N6O9S.K/c1-6-28-24-47(28,43(60)55-67(62,63)46(5)18-19-46)54-40(58)36-23-32-25-56(36)42(59)39(45(2,3)4)53-44(61)66-37-20-27(37)12-8-7-9-14-34-38(33-13-10-11-15-35(33)52-41(34)65-32)64-31-21-29-16-17-30(22-31)57(29)26-48(49,50)51;/h6,10-11,13,15,27-32,36-37,39H,1,7-9,12,14,16-26H2,2-5H3,(H3,53,54,55,58,60,61);/q;+1/p-1/t27-,28-,29?,30?,31?,32-,36+,37-,39-,47-;/m1./s1. The van der Waals surface area contributed by atoms with Gasteiger partial charge in [-0.3, -0.25) is 14.5 Å². The van der Waals surface area contributed by atoms with Crippen LogP contribution in [0.3, 0.4) is 0 Å². The van der Waals surface area contributed by atoms with Gasteiger partial charge in [0, 0.05) is 29.8 Å². The molecule has 1 aromatic carbocycles. The van der Waals surface area contributed by atoms with Crippen LogP contribution < -0.4 is 71.5 Å². The van der Waals surface area contributed by atoms with Crippen molar-refractivity contribution in [1.29, 1.82) is 0 Å². The average Bonchev–Trinajstić information content (AvgIpc) is 4.21. The fourth-order valence-corrected chi connectivity index (χ4v) is 12.1. The second-order valence-electron chi connectivity index (χ2n) is 21.4. The van der Waals surface area contributed by atoms with E-state index in [-0.39, 0.29) is 107 Å². The molecule has 4 aliphatic heterocycles. The molecule has 6 fully saturated rings. The van der Waals surface area contributed by atoms with Gasteiger partial charge in [0.15, 0.2) is 0 Å². The Balaban J connectivity index is 0.00000625. The number of hydrogen-bond donors (Lipinski definition) is 2. The second kappa shape index (κ2) is 19.2. The molecule has 2 unspecified atom stereocenters. The fourth-order valence-electron chi connectivity index (χ4n) is 10.8. The number of alkyl halides is 3. The second-order valence-corrected chi connectivity index (χ2v) is 23.5. The molecule has 0 spiro atoms. The van der Waals surface area contributed by atoms with E-state index >= 15 is 0 Å². The molecular weight excluding hydrogens is 933 g/mol. The van der Waals surface area contributed by atoms with E-state index in [0.717, 1.165) is 31.1 Å². The summed E-state index contributed by atoms with van der Waals surface area (Å²) in [6.07, 6.45) is 2.27. The molecule has 3 saturated heterocycles. The molecule has 4 amide bonds. The third-order valence-electron chi connectivity index (χ3n) is 15.3. The van der Waals surface area contributed by atoms with Gasteiger partial charge in [0.1, 0.15) is 46.2 Å². The van der Waals surface area contributed by atoms with Gasteiger partial charge in [0.2, 0.25) is 17.7 Å². The number of nitrogens with one attached hydrogen (secondary N) is 2.